The molecule has 0 fully saturated rings. The van der Waals surface area contributed by atoms with Gasteiger partial charge in [0.15, 0.2) is 0 Å². The summed E-state index contributed by atoms with van der Waals surface area (Å²) in [6.07, 6.45) is 0. The number of benzene rings is 1. The molecule has 0 spiro atoms. The van der Waals surface area contributed by atoms with Crippen molar-refractivity contribution in [3.8, 4) is 11.3 Å². The van der Waals surface area contributed by atoms with Gasteiger partial charge < -0.3 is 5.32 Å². The van der Waals surface area contributed by atoms with E-state index in [0.29, 0.717) is 6.54 Å². The van der Waals surface area contributed by atoms with Crippen molar-refractivity contribution >= 4 is 15.9 Å². The standard InChI is InChI=1S/C13H14BrN3/c1-9-7-12(17-13(16-9)8-15-2)10-5-3-4-6-11(10)14/h3-7,15H,8H2,1-2H3. The highest BCUT2D eigenvalue weighted by atomic mass is 79.9. The summed E-state index contributed by atoms with van der Waals surface area (Å²) in [5.41, 5.74) is 3.03. The second-order valence-corrected chi connectivity index (χ2v) is 4.68. The van der Waals surface area contributed by atoms with Crippen molar-refractivity contribution in [3.63, 3.8) is 0 Å². The lowest BCUT2D eigenvalue weighted by Gasteiger charge is -2.07. The molecule has 0 aliphatic heterocycles. The maximum absolute atomic E-state index is 4.55. The Morgan fingerprint density at radius 2 is 2.00 bits per heavy atom. The molecule has 0 saturated carbocycles. The lowest BCUT2D eigenvalue weighted by molar-refractivity contribution is 0.754. The van der Waals surface area contributed by atoms with E-state index < -0.39 is 0 Å². The molecule has 0 saturated heterocycles. The van der Waals surface area contributed by atoms with E-state index >= 15 is 0 Å². The van der Waals surface area contributed by atoms with Crippen LogP contribution in [-0.4, -0.2) is 17.0 Å². The molecule has 3 nitrogen and oxygen atoms in total. The lowest BCUT2D eigenvalue weighted by Crippen LogP contribution is -2.10. The zero-order chi connectivity index (χ0) is 12.3. The topological polar surface area (TPSA) is 37.8 Å². The number of hydrogen-bond donors (Lipinski definition) is 1. The smallest absolute Gasteiger partial charge is 0.143 e. The zero-order valence-corrected chi connectivity index (χ0v) is 11.5. The molecule has 2 rings (SSSR count). The molecular weight excluding hydrogens is 278 g/mol. The molecule has 1 N–H and O–H groups in total. The number of aromatic nitrogens is 2. The molecule has 0 aliphatic rings. The molecule has 0 bridgehead atoms. The minimum Gasteiger partial charge on any atom is -0.313 e. The SMILES string of the molecule is CNCc1nc(C)cc(-c2ccccc2Br)n1. The van der Waals surface area contributed by atoms with E-state index in [9.17, 15) is 0 Å². The molecule has 0 atom stereocenters. The average molecular weight is 292 g/mol. The van der Waals surface area contributed by atoms with E-state index in [2.05, 4.69) is 37.3 Å². The highest BCUT2D eigenvalue weighted by molar-refractivity contribution is 9.10. The molecule has 0 aliphatic carbocycles. The van der Waals surface area contributed by atoms with Gasteiger partial charge in [0.1, 0.15) is 5.82 Å². The van der Waals surface area contributed by atoms with Crippen LogP contribution in [0.4, 0.5) is 0 Å². The van der Waals surface area contributed by atoms with Gasteiger partial charge in [-0.15, -0.1) is 0 Å². The van der Waals surface area contributed by atoms with Crippen LogP contribution in [0.25, 0.3) is 11.3 Å². The van der Waals surface area contributed by atoms with Crippen molar-refractivity contribution in [1.82, 2.24) is 15.3 Å². The molecule has 1 heterocycles. The van der Waals surface area contributed by atoms with E-state index in [0.717, 1.165) is 27.2 Å². The fraction of sp³-hybridized carbons (Fsp3) is 0.231. The molecule has 1 aromatic heterocycles. The predicted octanol–water partition coefficient (Wildman–Crippen LogP) is 2.93. The van der Waals surface area contributed by atoms with Gasteiger partial charge in [0.25, 0.3) is 0 Å². The summed E-state index contributed by atoms with van der Waals surface area (Å²) in [5.74, 6) is 0.818. The van der Waals surface area contributed by atoms with Crippen molar-refractivity contribution in [1.29, 1.82) is 0 Å². The van der Waals surface area contributed by atoms with Gasteiger partial charge in [-0.25, -0.2) is 9.97 Å². The Balaban J connectivity index is 2.48. The van der Waals surface area contributed by atoms with Gasteiger partial charge in [-0.1, -0.05) is 34.1 Å². The van der Waals surface area contributed by atoms with Crippen LogP contribution in [0.15, 0.2) is 34.8 Å². The third-order valence-corrected chi connectivity index (χ3v) is 3.08. The average Bonchev–Trinajstić information content (AvgIpc) is 2.29. The fourth-order valence-electron chi connectivity index (χ4n) is 1.67. The Hall–Kier alpha value is -1.26. The molecule has 0 amide bonds. The van der Waals surface area contributed by atoms with Crippen LogP contribution in [-0.2, 0) is 6.54 Å². The number of hydrogen-bond acceptors (Lipinski definition) is 3. The summed E-state index contributed by atoms with van der Waals surface area (Å²) in [6, 6.07) is 10.1. The van der Waals surface area contributed by atoms with E-state index in [-0.39, 0.29) is 0 Å². The minimum atomic E-state index is 0.680. The van der Waals surface area contributed by atoms with Crippen molar-refractivity contribution in [2.45, 2.75) is 13.5 Å². The van der Waals surface area contributed by atoms with Crippen LogP contribution in [0.5, 0.6) is 0 Å². The van der Waals surface area contributed by atoms with Crippen LogP contribution in [0.2, 0.25) is 0 Å². The molecule has 2 aromatic rings. The summed E-state index contributed by atoms with van der Waals surface area (Å²) in [4.78, 5) is 8.94. The molecule has 1 aromatic carbocycles. The largest absolute Gasteiger partial charge is 0.313 e. The van der Waals surface area contributed by atoms with E-state index in [1.807, 2.05) is 38.2 Å². The van der Waals surface area contributed by atoms with E-state index in [4.69, 9.17) is 0 Å². The summed E-state index contributed by atoms with van der Waals surface area (Å²) in [5, 5.41) is 3.07. The monoisotopic (exact) mass is 291 g/mol. The van der Waals surface area contributed by atoms with Gasteiger partial charge in [-0.05, 0) is 26.1 Å². The van der Waals surface area contributed by atoms with Gasteiger partial charge in [0, 0.05) is 15.7 Å². The Morgan fingerprint density at radius 1 is 1.24 bits per heavy atom. The fourth-order valence-corrected chi connectivity index (χ4v) is 2.16. The normalized spacial score (nSPS) is 10.5. The van der Waals surface area contributed by atoms with E-state index in [1.54, 1.807) is 0 Å². The van der Waals surface area contributed by atoms with Crippen molar-refractivity contribution in [3.05, 3.63) is 46.3 Å². The van der Waals surface area contributed by atoms with E-state index in [1.165, 1.54) is 0 Å². The highest BCUT2D eigenvalue weighted by Crippen LogP contribution is 2.26. The first-order valence-corrected chi connectivity index (χ1v) is 6.24. The number of halogens is 1. The third kappa shape index (κ3) is 2.90. The number of rotatable bonds is 3. The first-order chi connectivity index (χ1) is 8.20. The van der Waals surface area contributed by atoms with Gasteiger partial charge >= 0.3 is 0 Å². The minimum absolute atomic E-state index is 0.680. The highest BCUT2D eigenvalue weighted by Gasteiger charge is 2.06. The maximum Gasteiger partial charge on any atom is 0.143 e. The van der Waals surface area contributed by atoms with Crippen LogP contribution < -0.4 is 5.32 Å². The number of nitrogens with one attached hydrogen (secondary N) is 1. The molecule has 0 radical (unpaired) electrons. The quantitative estimate of drug-likeness (QED) is 0.945. The van der Waals surface area contributed by atoms with Crippen LogP contribution in [0, 0.1) is 6.92 Å². The van der Waals surface area contributed by atoms with Crippen LogP contribution >= 0.6 is 15.9 Å². The molecule has 0 unspecified atom stereocenters. The molecular formula is C13H14BrN3. The summed E-state index contributed by atoms with van der Waals surface area (Å²) in [7, 11) is 1.89. The van der Waals surface area contributed by atoms with Gasteiger partial charge in [0.2, 0.25) is 0 Å². The summed E-state index contributed by atoms with van der Waals surface area (Å²) >= 11 is 3.55. The maximum atomic E-state index is 4.55. The van der Waals surface area contributed by atoms with Crippen LogP contribution in [0.1, 0.15) is 11.5 Å². The van der Waals surface area contributed by atoms with Crippen LogP contribution in [0.3, 0.4) is 0 Å². The van der Waals surface area contributed by atoms with Crippen molar-refractivity contribution in [2.75, 3.05) is 7.05 Å². The molecule has 88 valence electrons. The predicted molar refractivity (Wildman–Crippen MR) is 72.7 cm³/mol. The van der Waals surface area contributed by atoms with Crippen molar-refractivity contribution in [2.24, 2.45) is 0 Å². The van der Waals surface area contributed by atoms with Gasteiger partial charge in [0.05, 0.1) is 12.2 Å². The Morgan fingerprint density at radius 3 is 2.71 bits per heavy atom. The Labute approximate surface area is 109 Å². The second kappa shape index (κ2) is 5.38. The number of aryl methyl sites for hydroxylation is 1. The first kappa shape index (κ1) is 12.2. The van der Waals surface area contributed by atoms with Gasteiger partial charge in [-0.3, -0.25) is 0 Å². The summed E-state index contributed by atoms with van der Waals surface area (Å²) < 4.78 is 1.05. The molecule has 4 heteroatoms. The zero-order valence-electron chi connectivity index (χ0n) is 9.87. The summed E-state index contributed by atoms with van der Waals surface area (Å²) in [6.45, 7) is 2.67. The third-order valence-electron chi connectivity index (χ3n) is 2.39. The number of nitrogens with zero attached hydrogens (tertiary/aromatic N) is 2. The second-order valence-electron chi connectivity index (χ2n) is 3.82. The molecule has 17 heavy (non-hydrogen) atoms. The first-order valence-electron chi connectivity index (χ1n) is 5.45. The Kier molecular flexibility index (Phi) is 3.86. The lowest BCUT2D eigenvalue weighted by atomic mass is 10.1. The Bertz CT molecular complexity index is 526. The van der Waals surface area contributed by atoms with Crippen molar-refractivity contribution < 1.29 is 0 Å². The van der Waals surface area contributed by atoms with Gasteiger partial charge in [-0.2, -0.15) is 0 Å².